The van der Waals surface area contributed by atoms with Crippen molar-refractivity contribution in [1.82, 2.24) is 0 Å². The highest BCUT2D eigenvalue weighted by atomic mass is 19.4. The van der Waals surface area contributed by atoms with Crippen LogP contribution in [-0.4, -0.2) is 12.5 Å². The molecule has 126 valence electrons. The van der Waals surface area contributed by atoms with E-state index in [0.29, 0.717) is 6.61 Å². The van der Waals surface area contributed by atoms with Gasteiger partial charge in [-0.3, -0.25) is 4.79 Å². The van der Waals surface area contributed by atoms with E-state index in [2.05, 4.69) is 5.32 Å². The Morgan fingerprint density at radius 1 is 1.12 bits per heavy atom. The summed E-state index contributed by atoms with van der Waals surface area (Å²) in [6.45, 7) is 0.494. The standard InChI is InChI=1S/C18H16F3NO2/c19-18(20,21)14-7-3-4-8-15(14)22-17(23)11-16-13-6-2-1-5-12(13)9-10-24-16/h1-8,16H,9-11H2,(H,22,23)/t16-/m0/s1. The van der Waals surface area contributed by atoms with E-state index in [-0.39, 0.29) is 12.1 Å². The maximum absolute atomic E-state index is 13.0. The van der Waals surface area contributed by atoms with Crippen molar-refractivity contribution in [2.24, 2.45) is 0 Å². The molecule has 1 atom stereocenters. The van der Waals surface area contributed by atoms with Gasteiger partial charge in [0, 0.05) is 0 Å². The second-order valence-corrected chi connectivity index (χ2v) is 5.60. The van der Waals surface area contributed by atoms with Crippen molar-refractivity contribution in [1.29, 1.82) is 0 Å². The van der Waals surface area contributed by atoms with Crippen LogP contribution in [0.15, 0.2) is 48.5 Å². The molecule has 0 aromatic heterocycles. The number of benzene rings is 2. The van der Waals surface area contributed by atoms with Crippen LogP contribution in [0.2, 0.25) is 0 Å². The highest BCUT2D eigenvalue weighted by Crippen LogP contribution is 2.35. The van der Waals surface area contributed by atoms with Gasteiger partial charge in [0.1, 0.15) is 0 Å². The summed E-state index contributed by atoms with van der Waals surface area (Å²) in [5.74, 6) is -0.506. The minimum absolute atomic E-state index is 0.0246. The molecule has 24 heavy (non-hydrogen) atoms. The van der Waals surface area contributed by atoms with Crippen molar-refractivity contribution < 1.29 is 22.7 Å². The van der Waals surface area contributed by atoms with Gasteiger partial charge in [0.2, 0.25) is 5.91 Å². The molecule has 1 heterocycles. The summed E-state index contributed by atoms with van der Waals surface area (Å²) in [4.78, 5) is 12.2. The van der Waals surface area contributed by atoms with Gasteiger partial charge < -0.3 is 10.1 Å². The summed E-state index contributed by atoms with van der Waals surface area (Å²) < 4.78 is 44.6. The van der Waals surface area contributed by atoms with Crippen LogP contribution in [0.4, 0.5) is 18.9 Å². The smallest absolute Gasteiger partial charge is 0.373 e. The third-order valence-electron chi connectivity index (χ3n) is 3.97. The highest BCUT2D eigenvalue weighted by Gasteiger charge is 2.33. The van der Waals surface area contributed by atoms with Crippen LogP contribution in [0.1, 0.15) is 29.2 Å². The fraction of sp³-hybridized carbons (Fsp3) is 0.278. The molecule has 2 aromatic carbocycles. The second-order valence-electron chi connectivity index (χ2n) is 5.60. The average Bonchev–Trinajstić information content (AvgIpc) is 2.54. The molecule has 0 unspecified atom stereocenters. The fourth-order valence-corrected chi connectivity index (χ4v) is 2.85. The summed E-state index contributed by atoms with van der Waals surface area (Å²) in [5.41, 5.74) is 0.933. The number of alkyl halides is 3. The van der Waals surface area contributed by atoms with Crippen molar-refractivity contribution in [2.75, 3.05) is 11.9 Å². The van der Waals surface area contributed by atoms with Crippen LogP contribution < -0.4 is 5.32 Å². The molecule has 3 nitrogen and oxygen atoms in total. The van der Waals surface area contributed by atoms with Crippen LogP contribution >= 0.6 is 0 Å². The van der Waals surface area contributed by atoms with Crippen molar-refractivity contribution in [3.63, 3.8) is 0 Å². The molecule has 3 rings (SSSR count). The Kier molecular flexibility index (Phi) is 4.57. The number of hydrogen-bond acceptors (Lipinski definition) is 2. The lowest BCUT2D eigenvalue weighted by molar-refractivity contribution is -0.137. The van der Waals surface area contributed by atoms with E-state index < -0.39 is 23.8 Å². The molecular weight excluding hydrogens is 319 g/mol. The van der Waals surface area contributed by atoms with Gasteiger partial charge in [0.25, 0.3) is 0 Å². The normalized spacial score (nSPS) is 17.2. The second kappa shape index (κ2) is 6.65. The fourth-order valence-electron chi connectivity index (χ4n) is 2.85. The molecule has 0 bridgehead atoms. The summed E-state index contributed by atoms with van der Waals surface area (Å²) in [6.07, 6.45) is -4.21. The van der Waals surface area contributed by atoms with Crippen LogP contribution in [0.5, 0.6) is 0 Å². The van der Waals surface area contributed by atoms with Gasteiger partial charge in [-0.1, -0.05) is 36.4 Å². The Bertz CT molecular complexity index is 743. The number of fused-ring (bicyclic) bond motifs is 1. The predicted molar refractivity (Wildman–Crippen MR) is 83.5 cm³/mol. The molecule has 1 amide bonds. The highest BCUT2D eigenvalue weighted by molar-refractivity contribution is 5.92. The van der Waals surface area contributed by atoms with E-state index in [1.54, 1.807) is 0 Å². The molecular formula is C18H16F3NO2. The van der Waals surface area contributed by atoms with Crippen LogP contribution in [-0.2, 0) is 22.1 Å². The quantitative estimate of drug-likeness (QED) is 0.906. The molecule has 1 aliphatic heterocycles. The maximum atomic E-state index is 13.0. The molecule has 6 heteroatoms. The van der Waals surface area contributed by atoms with Crippen molar-refractivity contribution in [3.05, 3.63) is 65.2 Å². The van der Waals surface area contributed by atoms with Crippen LogP contribution in [0.25, 0.3) is 0 Å². The van der Waals surface area contributed by atoms with Gasteiger partial charge in [-0.05, 0) is 29.7 Å². The van der Waals surface area contributed by atoms with Gasteiger partial charge in [-0.25, -0.2) is 0 Å². The van der Waals surface area contributed by atoms with Gasteiger partial charge >= 0.3 is 6.18 Å². The molecule has 0 fully saturated rings. The summed E-state index contributed by atoms with van der Waals surface area (Å²) in [5, 5.41) is 2.36. The lowest BCUT2D eigenvalue weighted by Gasteiger charge is -2.25. The summed E-state index contributed by atoms with van der Waals surface area (Å²) in [6, 6.07) is 12.6. The number of carbonyl (C=O) groups excluding carboxylic acids is 1. The first-order valence-corrected chi connectivity index (χ1v) is 7.60. The Morgan fingerprint density at radius 2 is 1.83 bits per heavy atom. The van der Waals surface area contributed by atoms with E-state index >= 15 is 0 Å². The lowest BCUT2D eigenvalue weighted by Crippen LogP contribution is -2.23. The average molecular weight is 335 g/mol. The maximum Gasteiger partial charge on any atom is 0.418 e. The SMILES string of the molecule is O=C(C[C@@H]1OCCc2ccccc21)Nc1ccccc1C(F)(F)F. The van der Waals surface area contributed by atoms with E-state index in [0.717, 1.165) is 23.6 Å². The first-order valence-electron chi connectivity index (χ1n) is 7.60. The predicted octanol–water partition coefficient (Wildman–Crippen LogP) is 4.35. The number of halogens is 3. The van der Waals surface area contributed by atoms with Crippen molar-refractivity contribution >= 4 is 11.6 Å². The number of ether oxygens (including phenoxy) is 1. The van der Waals surface area contributed by atoms with Gasteiger partial charge in [0.05, 0.1) is 30.4 Å². The molecule has 0 saturated carbocycles. The van der Waals surface area contributed by atoms with E-state index in [1.165, 1.54) is 18.2 Å². The van der Waals surface area contributed by atoms with Gasteiger partial charge in [-0.2, -0.15) is 13.2 Å². The summed E-state index contributed by atoms with van der Waals surface area (Å²) >= 11 is 0. The first kappa shape index (κ1) is 16.5. The van der Waals surface area contributed by atoms with Gasteiger partial charge in [-0.15, -0.1) is 0 Å². The van der Waals surface area contributed by atoms with Crippen LogP contribution in [0, 0.1) is 0 Å². The number of carbonyl (C=O) groups is 1. The Hall–Kier alpha value is -2.34. The van der Waals surface area contributed by atoms with Gasteiger partial charge in [0.15, 0.2) is 0 Å². The first-order chi connectivity index (χ1) is 11.4. The molecule has 2 aromatic rings. The number of nitrogens with one attached hydrogen (secondary N) is 1. The number of rotatable bonds is 3. The largest absolute Gasteiger partial charge is 0.418 e. The van der Waals surface area contributed by atoms with Crippen LogP contribution in [0.3, 0.4) is 0 Å². The Morgan fingerprint density at radius 3 is 2.62 bits per heavy atom. The summed E-state index contributed by atoms with van der Waals surface area (Å²) in [7, 11) is 0. The number of hydrogen-bond donors (Lipinski definition) is 1. The monoisotopic (exact) mass is 335 g/mol. The zero-order chi connectivity index (χ0) is 17.2. The molecule has 0 spiro atoms. The Labute approximate surface area is 137 Å². The van der Waals surface area contributed by atoms with E-state index in [4.69, 9.17) is 4.74 Å². The molecule has 0 radical (unpaired) electrons. The zero-order valence-electron chi connectivity index (χ0n) is 12.8. The molecule has 0 saturated heterocycles. The minimum Gasteiger partial charge on any atom is -0.373 e. The third-order valence-corrected chi connectivity index (χ3v) is 3.97. The minimum atomic E-state index is -4.52. The lowest BCUT2D eigenvalue weighted by atomic mass is 9.95. The third kappa shape index (κ3) is 3.59. The topological polar surface area (TPSA) is 38.3 Å². The molecule has 0 aliphatic carbocycles. The van der Waals surface area contributed by atoms with E-state index in [9.17, 15) is 18.0 Å². The number of anilines is 1. The van der Waals surface area contributed by atoms with Crippen molar-refractivity contribution in [2.45, 2.75) is 25.1 Å². The van der Waals surface area contributed by atoms with E-state index in [1.807, 2.05) is 24.3 Å². The zero-order valence-corrected chi connectivity index (χ0v) is 12.8. The Balaban J connectivity index is 1.74. The number of para-hydroxylation sites is 1. The van der Waals surface area contributed by atoms with Crippen molar-refractivity contribution in [3.8, 4) is 0 Å². The number of amides is 1. The molecule has 1 aliphatic rings. The molecule has 1 N–H and O–H groups in total.